The van der Waals surface area contributed by atoms with E-state index in [9.17, 15) is 9.59 Å². The number of carbonyl (C=O) groups excluding carboxylic acids is 2. The minimum atomic E-state index is -0.600. The number of hydrogen-bond donors (Lipinski definition) is 1. The topological polar surface area (TPSA) is 67.9 Å². The molecule has 6 heteroatoms. The molecule has 6 nitrogen and oxygen atoms in total. The lowest BCUT2D eigenvalue weighted by atomic mass is 10.1. The first kappa shape index (κ1) is 16.9. The molecule has 20 heavy (non-hydrogen) atoms. The lowest BCUT2D eigenvalue weighted by Crippen LogP contribution is -2.55. The summed E-state index contributed by atoms with van der Waals surface area (Å²) in [6, 6.07) is -0.0993. The van der Waals surface area contributed by atoms with Gasteiger partial charge in [0.15, 0.2) is 6.10 Å². The Morgan fingerprint density at radius 2 is 2.15 bits per heavy atom. The second kappa shape index (κ2) is 8.21. The minimum absolute atomic E-state index is 0.00327. The number of methoxy groups -OCH3 is 1. The van der Waals surface area contributed by atoms with Crippen LogP contribution in [-0.2, 0) is 19.1 Å². The van der Waals surface area contributed by atoms with Crippen molar-refractivity contribution in [2.75, 3.05) is 26.8 Å². The summed E-state index contributed by atoms with van der Waals surface area (Å²) in [4.78, 5) is 25.6. The van der Waals surface area contributed by atoms with Crippen molar-refractivity contribution in [1.29, 1.82) is 0 Å². The first-order valence-electron chi connectivity index (χ1n) is 7.23. The van der Waals surface area contributed by atoms with Crippen LogP contribution in [-0.4, -0.2) is 61.8 Å². The van der Waals surface area contributed by atoms with Gasteiger partial charge in [0.2, 0.25) is 5.91 Å². The highest BCUT2D eigenvalue weighted by Gasteiger charge is 2.32. The summed E-state index contributed by atoms with van der Waals surface area (Å²) >= 11 is 0. The van der Waals surface area contributed by atoms with Crippen LogP contribution in [0.25, 0.3) is 0 Å². The van der Waals surface area contributed by atoms with Crippen LogP contribution in [0.4, 0.5) is 0 Å². The van der Waals surface area contributed by atoms with Gasteiger partial charge in [0, 0.05) is 19.1 Å². The first-order valence-corrected chi connectivity index (χ1v) is 7.23. The maximum absolute atomic E-state index is 12.2. The highest BCUT2D eigenvalue weighted by Crippen LogP contribution is 2.11. The predicted molar refractivity (Wildman–Crippen MR) is 75.3 cm³/mol. The van der Waals surface area contributed by atoms with Crippen molar-refractivity contribution < 1.29 is 19.1 Å². The number of nitrogens with one attached hydrogen (secondary N) is 1. The van der Waals surface area contributed by atoms with Gasteiger partial charge in [0.1, 0.15) is 0 Å². The van der Waals surface area contributed by atoms with E-state index in [1.807, 2.05) is 18.7 Å². The lowest BCUT2D eigenvalue weighted by Gasteiger charge is -2.35. The van der Waals surface area contributed by atoms with Crippen molar-refractivity contribution in [2.45, 2.75) is 51.8 Å². The molecule has 0 saturated carbocycles. The average molecular weight is 286 g/mol. The van der Waals surface area contributed by atoms with Crippen LogP contribution >= 0.6 is 0 Å². The van der Waals surface area contributed by atoms with Crippen LogP contribution in [0.5, 0.6) is 0 Å². The molecule has 0 aromatic rings. The van der Waals surface area contributed by atoms with E-state index in [2.05, 4.69) is 17.0 Å². The van der Waals surface area contributed by atoms with E-state index in [4.69, 9.17) is 4.74 Å². The number of nitrogens with zero attached hydrogens (tertiary/aromatic N) is 1. The normalized spacial score (nSPS) is 22.9. The van der Waals surface area contributed by atoms with Crippen LogP contribution < -0.4 is 5.32 Å². The molecule has 0 aliphatic carbocycles. The summed E-state index contributed by atoms with van der Waals surface area (Å²) in [5.41, 5.74) is 0. The largest absolute Gasteiger partial charge is 0.467 e. The zero-order valence-corrected chi connectivity index (χ0v) is 12.8. The third-order valence-corrected chi connectivity index (χ3v) is 3.60. The van der Waals surface area contributed by atoms with Gasteiger partial charge < -0.3 is 14.8 Å². The minimum Gasteiger partial charge on any atom is -0.467 e. The molecule has 0 aromatic heterocycles. The zero-order chi connectivity index (χ0) is 15.1. The zero-order valence-electron chi connectivity index (χ0n) is 12.8. The fourth-order valence-electron chi connectivity index (χ4n) is 2.33. The van der Waals surface area contributed by atoms with E-state index in [-0.39, 0.29) is 24.0 Å². The number of esters is 1. The predicted octanol–water partition coefficient (Wildman–Crippen LogP) is 0.554. The molecule has 3 atom stereocenters. The Hall–Kier alpha value is -1.14. The second-order valence-electron chi connectivity index (χ2n) is 5.25. The smallest absolute Gasteiger partial charge is 0.336 e. The Labute approximate surface area is 120 Å². The van der Waals surface area contributed by atoms with Crippen molar-refractivity contribution in [1.82, 2.24) is 10.2 Å². The Kier molecular flexibility index (Phi) is 6.95. The van der Waals surface area contributed by atoms with Gasteiger partial charge in [-0.25, -0.2) is 4.79 Å². The number of hydrogen-bond acceptors (Lipinski definition) is 5. The van der Waals surface area contributed by atoms with Gasteiger partial charge in [0.25, 0.3) is 0 Å². The summed E-state index contributed by atoms with van der Waals surface area (Å²) < 4.78 is 10.0. The molecule has 0 aromatic carbocycles. The van der Waals surface area contributed by atoms with Crippen LogP contribution in [0.2, 0.25) is 0 Å². The quantitative estimate of drug-likeness (QED) is 0.722. The number of carbonyl (C=O) groups is 2. The Morgan fingerprint density at radius 1 is 1.45 bits per heavy atom. The molecule has 3 unspecified atom stereocenters. The third kappa shape index (κ3) is 4.76. The Morgan fingerprint density at radius 3 is 2.75 bits per heavy atom. The molecule has 1 saturated heterocycles. The van der Waals surface area contributed by atoms with Gasteiger partial charge in [-0.05, 0) is 20.3 Å². The number of ether oxygens (including phenoxy) is 2. The van der Waals surface area contributed by atoms with Crippen molar-refractivity contribution in [3.63, 3.8) is 0 Å². The monoisotopic (exact) mass is 286 g/mol. The summed E-state index contributed by atoms with van der Waals surface area (Å²) in [5, 5.41) is 3.00. The molecule has 1 heterocycles. The summed E-state index contributed by atoms with van der Waals surface area (Å²) in [7, 11) is 1.34. The molecular formula is C14H26N2O4. The van der Waals surface area contributed by atoms with Gasteiger partial charge in [0.05, 0.1) is 19.8 Å². The molecule has 1 N–H and O–H groups in total. The summed E-state index contributed by atoms with van der Waals surface area (Å²) in [6.07, 6.45) is 1.40. The molecule has 116 valence electrons. The molecule has 0 radical (unpaired) electrons. The SMILES string of the molecule is CCCC(C)NC(=O)C(C)N1CCOC(C(=O)OC)C1. The van der Waals surface area contributed by atoms with Crippen LogP contribution in [0.1, 0.15) is 33.6 Å². The Bertz CT molecular complexity index is 335. The van der Waals surface area contributed by atoms with Crippen molar-refractivity contribution in [2.24, 2.45) is 0 Å². The first-order chi connectivity index (χ1) is 9.49. The second-order valence-corrected chi connectivity index (χ2v) is 5.25. The summed E-state index contributed by atoms with van der Waals surface area (Å²) in [5.74, 6) is -0.391. The summed E-state index contributed by atoms with van der Waals surface area (Å²) in [6.45, 7) is 7.42. The fourth-order valence-corrected chi connectivity index (χ4v) is 2.33. The van der Waals surface area contributed by atoms with E-state index < -0.39 is 6.10 Å². The molecule has 1 aliphatic rings. The fraction of sp³-hybridized carbons (Fsp3) is 0.857. The number of morpholine rings is 1. The van der Waals surface area contributed by atoms with Gasteiger partial charge in [-0.15, -0.1) is 0 Å². The van der Waals surface area contributed by atoms with E-state index >= 15 is 0 Å². The molecular weight excluding hydrogens is 260 g/mol. The van der Waals surface area contributed by atoms with Crippen LogP contribution in [0.15, 0.2) is 0 Å². The van der Waals surface area contributed by atoms with E-state index in [1.165, 1.54) is 7.11 Å². The lowest BCUT2D eigenvalue weighted by molar-refractivity contribution is -0.161. The van der Waals surface area contributed by atoms with E-state index in [0.717, 1.165) is 12.8 Å². The van der Waals surface area contributed by atoms with Crippen molar-refractivity contribution in [3.8, 4) is 0 Å². The number of rotatable bonds is 6. The maximum Gasteiger partial charge on any atom is 0.336 e. The van der Waals surface area contributed by atoms with Gasteiger partial charge >= 0.3 is 5.97 Å². The molecule has 1 amide bonds. The van der Waals surface area contributed by atoms with Gasteiger partial charge in [-0.1, -0.05) is 13.3 Å². The number of amides is 1. The Balaban J connectivity index is 2.51. The molecule has 0 spiro atoms. The molecule has 1 rings (SSSR count). The highest BCUT2D eigenvalue weighted by molar-refractivity contribution is 5.82. The average Bonchev–Trinajstić information content (AvgIpc) is 2.45. The van der Waals surface area contributed by atoms with Crippen molar-refractivity contribution >= 4 is 11.9 Å². The third-order valence-electron chi connectivity index (χ3n) is 3.60. The highest BCUT2D eigenvalue weighted by atomic mass is 16.6. The van der Waals surface area contributed by atoms with Gasteiger partial charge in [-0.3, -0.25) is 9.69 Å². The van der Waals surface area contributed by atoms with Crippen LogP contribution in [0.3, 0.4) is 0 Å². The standard InChI is InChI=1S/C14H26N2O4/c1-5-6-10(2)15-13(17)11(3)16-7-8-20-12(9-16)14(18)19-4/h10-12H,5-9H2,1-4H3,(H,15,17). The van der Waals surface area contributed by atoms with Gasteiger partial charge in [-0.2, -0.15) is 0 Å². The van der Waals surface area contributed by atoms with E-state index in [1.54, 1.807) is 0 Å². The van der Waals surface area contributed by atoms with Crippen molar-refractivity contribution in [3.05, 3.63) is 0 Å². The van der Waals surface area contributed by atoms with Crippen LogP contribution in [0, 0.1) is 0 Å². The molecule has 0 bridgehead atoms. The molecule has 1 aliphatic heterocycles. The van der Waals surface area contributed by atoms with E-state index in [0.29, 0.717) is 19.7 Å². The molecule has 1 fully saturated rings. The maximum atomic E-state index is 12.2.